The van der Waals surface area contributed by atoms with Gasteiger partial charge in [-0.05, 0) is 31.0 Å². The van der Waals surface area contributed by atoms with Gasteiger partial charge in [-0.2, -0.15) is 0 Å². The van der Waals surface area contributed by atoms with Crippen molar-refractivity contribution < 1.29 is 14.4 Å². The van der Waals surface area contributed by atoms with Crippen molar-refractivity contribution in [2.75, 3.05) is 12.9 Å². The number of nitro benzene ring substituents is 1. The summed E-state index contributed by atoms with van der Waals surface area (Å²) >= 11 is 6.47. The van der Waals surface area contributed by atoms with E-state index in [0.29, 0.717) is 15.7 Å². The Kier molecular flexibility index (Phi) is 6.04. The van der Waals surface area contributed by atoms with E-state index in [4.69, 9.17) is 21.7 Å². The van der Waals surface area contributed by atoms with Crippen LogP contribution in [0.2, 0.25) is 0 Å². The number of thiocarbonyl (C=S) groups is 1. The summed E-state index contributed by atoms with van der Waals surface area (Å²) in [5, 5.41) is 10.8. The molecular weight excluding hydrogens is 286 g/mol. The molecule has 0 N–H and O–H groups in total. The average molecular weight is 301 g/mol. The van der Waals surface area contributed by atoms with Crippen molar-refractivity contribution >= 4 is 34.0 Å². The molecule has 0 aliphatic carbocycles. The van der Waals surface area contributed by atoms with Gasteiger partial charge in [0.2, 0.25) is 4.38 Å². The van der Waals surface area contributed by atoms with Crippen molar-refractivity contribution in [1.82, 2.24) is 0 Å². The Morgan fingerprint density at radius 2 is 2.26 bits per heavy atom. The van der Waals surface area contributed by atoms with Crippen LogP contribution >= 0.6 is 24.0 Å². The summed E-state index contributed by atoms with van der Waals surface area (Å²) in [5.74, 6) is 1.36. The van der Waals surface area contributed by atoms with Gasteiger partial charge in [0.25, 0.3) is 5.69 Å². The van der Waals surface area contributed by atoms with Crippen LogP contribution in [0.1, 0.15) is 25.5 Å². The van der Waals surface area contributed by atoms with Gasteiger partial charge < -0.3 is 9.47 Å². The van der Waals surface area contributed by atoms with E-state index in [1.807, 2.05) is 6.92 Å². The lowest BCUT2D eigenvalue weighted by molar-refractivity contribution is -0.385. The van der Waals surface area contributed by atoms with Crippen molar-refractivity contribution in [2.24, 2.45) is 0 Å². The predicted molar refractivity (Wildman–Crippen MR) is 79.9 cm³/mol. The lowest BCUT2D eigenvalue weighted by Gasteiger charge is -2.17. The molecule has 0 bridgehead atoms. The van der Waals surface area contributed by atoms with E-state index in [-0.39, 0.29) is 5.69 Å². The first-order valence-corrected chi connectivity index (χ1v) is 7.04. The maximum absolute atomic E-state index is 10.8. The second-order valence-electron chi connectivity index (χ2n) is 3.63. The van der Waals surface area contributed by atoms with Gasteiger partial charge in [0.05, 0.1) is 12.0 Å². The highest BCUT2D eigenvalue weighted by Gasteiger charge is 2.18. The van der Waals surface area contributed by atoms with E-state index in [0.717, 1.165) is 5.75 Å². The monoisotopic (exact) mass is 301 g/mol. The highest BCUT2D eigenvalue weighted by molar-refractivity contribution is 8.22. The Morgan fingerprint density at radius 1 is 1.58 bits per heavy atom. The Bertz CT molecular complexity index is 479. The molecule has 0 aliphatic heterocycles. The molecule has 5 nitrogen and oxygen atoms in total. The molecule has 1 rings (SSSR count). The SMILES string of the molecule is CCSC(=S)OC(C)c1cc([N+](=O)[O-])ccc1OC. The van der Waals surface area contributed by atoms with Crippen LogP contribution in [0, 0.1) is 10.1 Å². The Labute approximate surface area is 121 Å². The number of ether oxygens (including phenoxy) is 2. The molecule has 0 heterocycles. The fraction of sp³-hybridized carbons (Fsp3) is 0.417. The minimum absolute atomic E-state index is 0.000290. The normalized spacial score (nSPS) is 11.7. The van der Waals surface area contributed by atoms with E-state index >= 15 is 0 Å². The summed E-state index contributed by atoms with van der Waals surface area (Å²) < 4.78 is 11.2. The number of rotatable bonds is 5. The molecule has 0 aliphatic rings. The summed E-state index contributed by atoms with van der Waals surface area (Å²) in [4.78, 5) is 10.3. The zero-order chi connectivity index (χ0) is 14.4. The standard InChI is InChI=1S/C12H15NO4S2/c1-4-19-12(18)17-8(2)10-7-9(13(14)15)5-6-11(10)16-3/h5-8H,4H2,1-3H3. The van der Waals surface area contributed by atoms with Crippen molar-refractivity contribution in [2.45, 2.75) is 20.0 Å². The first-order chi connectivity index (χ1) is 8.99. The van der Waals surface area contributed by atoms with Gasteiger partial charge in [-0.25, -0.2) is 0 Å². The van der Waals surface area contributed by atoms with E-state index in [1.165, 1.54) is 31.0 Å². The van der Waals surface area contributed by atoms with E-state index in [2.05, 4.69) is 0 Å². The molecule has 104 valence electrons. The number of methoxy groups -OCH3 is 1. The van der Waals surface area contributed by atoms with Crippen LogP contribution in [0.5, 0.6) is 5.75 Å². The van der Waals surface area contributed by atoms with Crippen LogP contribution in [0.3, 0.4) is 0 Å². The number of benzene rings is 1. The Balaban J connectivity index is 2.98. The second-order valence-corrected chi connectivity index (χ2v) is 5.49. The molecule has 0 spiro atoms. The summed E-state index contributed by atoms with van der Waals surface area (Å²) in [5.41, 5.74) is 0.607. The maximum atomic E-state index is 10.8. The van der Waals surface area contributed by atoms with E-state index < -0.39 is 11.0 Å². The van der Waals surface area contributed by atoms with Gasteiger partial charge in [0.15, 0.2) is 0 Å². The maximum Gasteiger partial charge on any atom is 0.270 e. The highest BCUT2D eigenvalue weighted by Crippen LogP contribution is 2.32. The first kappa shape index (κ1) is 15.7. The Morgan fingerprint density at radius 3 is 2.79 bits per heavy atom. The molecular formula is C12H15NO4S2. The number of non-ortho nitro benzene ring substituents is 1. The fourth-order valence-electron chi connectivity index (χ4n) is 1.51. The molecule has 0 radical (unpaired) electrons. The average Bonchev–Trinajstić information content (AvgIpc) is 2.37. The summed E-state index contributed by atoms with van der Waals surface area (Å²) in [6.45, 7) is 3.75. The Hall–Kier alpha value is -1.34. The summed E-state index contributed by atoms with van der Waals surface area (Å²) in [7, 11) is 1.51. The van der Waals surface area contributed by atoms with Crippen LogP contribution in [-0.2, 0) is 4.74 Å². The number of hydrogen-bond donors (Lipinski definition) is 0. The zero-order valence-electron chi connectivity index (χ0n) is 10.9. The van der Waals surface area contributed by atoms with Crippen molar-refractivity contribution in [1.29, 1.82) is 0 Å². The molecule has 1 aromatic rings. The largest absolute Gasteiger partial charge is 0.496 e. The van der Waals surface area contributed by atoms with Gasteiger partial charge >= 0.3 is 0 Å². The predicted octanol–water partition coefficient (Wildman–Crippen LogP) is 3.72. The molecule has 0 saturated carbocycles. The lowest BCUT2D eigenvalue weighted by atomic mass is 10.1. The third-order valence-electron chi connectivity index (χ3n) is 2.40. The van der Waals surface area contributed by atoms with Gasteiger partial charge in [0.1, 0.15) is 11.9 Å². The van der Waals surface area contributed by atoms with Crippen molar-refractivity contribution in [3.05, 3.63) is 33.9 Å². The quantitative estimate of drug-likeness (QED) is 0.469. The number of thioether (sulfide) groups is 1. The molecule has 0 amide bonds. The smallest absolute Gasteiger partial charge is 0.270 e. The second kappa shape index (κ2) is 7.30. The van der Waals surface area contributed by atoms with Gasteiger partial charge in [0, 0.05) is 17.7 Å². The molecule has 1 unspecified atom stereocenters. The third-order valence-corrected chi connectivity index (χ3v) is 3.47. The van der Waals surface area contributed by atoms with Crippen LogP contribution in [0.25, 0.3) is 0 Å². The highest BCUT2D eigenvalue weighted by atomic mass is 32.2. The van der Waals surface area contributed by atoms with Crippen LogP contribution in [0.15, 0.2) is 18.2 Å². The minimum Gasteiger partial charge on any atom is -0.496 e. The van der Waals surface area contributed by atoms with Crippen LogP contribution in [0.4, 0.5) is 5.69 Å². The summed E-state index contributed by atoms with van der Waals surface area (Å²) in [6, 6.07) is 4.40. The van der Waals surface area contributed by atoms with Crippen molar-refractivity contribution in [3.8, 4) is 5.75 Å². The van der Waals surface area contributed by atoms with Gasteiger partial charge in [-0.3, -0.25) is 10.1 Å². The van der Waals surface area contributed by atoms with Crippen molar-refractivity contribution in [3.63, 3.8) is 0 Å². The van der Waals surface area contributed by atoms with Crippen LogP contribution in [-0.4, -0.2) is 22.2 Å². The molecule has 1 atom stereocenters. The van der Waals surface area contributed by atoms with E-state index in [9.17, 15) is 10.1 Å². The molecule has 0 fully saturated rings. The number of hydrogen-bond acceptors (Lipinski definition) is 6. The lowest BCUT2D eigenvalue weighted by Crippen LogP contribution is -2.06. The van der Waals surface area contributed by atoms with Crippen LogP contribution < -0.4 is 4.74 Å². The van der Waals surface area contributed by atoms with E-state index in [1.54, 1.807) is 13.0 Å². The van der Waals surface area contributed by atoms with Gasteiger partial charge in [-0.1, -0.05) is 18.7 Å². The molecule has 0 aromatic heterocycles. The zero-order valence-corrected chi connectivity index (χ0v) is 12.5. The minimum atomic E-state index is -0.450. The number of nitro groups is 1. The molecule has 7 heteroatoms. The third kappa shape index (κ3) is 4.36. The number of nitrogens with zero attached hydrogens (tertiary/aromatic N) is 1. The molecule has 0 saturated heterocycles. The fourth-order valence-corrected chi connectivity index (χ4v) is 2.46. The molecule has 1 aromatic carbocycles. The first-order valence-electron chi connectivity index (χ1n) is 5.65. The summed E-state index contributed by atoms with van der Waals surface area (Å²) in [6.07, 6.45) is -0.401. The van der Waals surface area contributed by atoms with Gasteiger partial charge in [-0.15, -0.1) is 0 Å². The topological polar surface area (TPSA) is 61.6 Å². The molecule has 19 heavy (non-hydrogen) atoms.